The Morgan fingerprint density at radius 3 is 2.73 bits per heavy atom. The number of rotatable bonds is 2. The second-order valence-electron chi connectivity index (χ2n) is 3.37. The fourth-order valence-corrected chi connectivity index (χ4v) is 1.63. The maximum atomic E-state index is 9.00. The Morgan fingerprint density at radius 2 is 2.27 bits per heavy atom. The van der Waals surface area contributed by atoms with Gasteiger partial charge in [0, 0.05) is 6.61 Å². The summed E-state index contributed by atoms with van der Waals surface area (Å²) in [6.45, 7) is 1.61. The van der Waals surface area contributed by atoms with Crippen molar-refractivity contribution in [3.05, 3.63) is 0 Å². The van der Waals surface area contributed by atoms with E-state index in [1.165, 1.54) is 6.42 Å². The number of epoxide rings is 1. The third-order valence-corrected chi connectivity index (χ3v) is 2.55. The van der Waals surface area contributed by atoms with E-state index in [1.807, 2.05) is 0 Å². The van der Waals surface area contributed by atoms with Gasteiger partial charge in [-0.25, -0.2) is 0 Å². The average Bonchev–Trinajstić information content (AvgIpc) is 2.86. The summed E-state index contributed by atoms with van der Waals surface area (Å²) in [5, 5.41) is 9.00. The predicted octanol–water partition coefficient (Wildman–Crippen LogP) is 0.317. The molecule has 0 saturated carbocycles. The second-order valence-corrected chi connectivity index (χ2v) is 3.37. The molecule has 1 N–H and O–H groups in total. The SMILES string of the molecule is OC[C@]1(C2CCCCO2)CO1. The molecule has 2 heterocycles. The van der Waals surface area contributed by atoms with Gasteiger partial charge >= 0.3 is 0 Å². The summed E-state index contributed by atoms with van der Waals surface area (Å²) in [7, 11) is 0. The van der Waals surface area contributed by atoms with Crippen LogP contribution in [0, 0.1) is 0 Å². The van der Waals surface area contributed by atoms with E-state index in [-0.39, 0.29) is 18.3 Å². The summed E-state index contributed by atoms with van der Waals surface area (Å²) in [5.41, 5.74) is -0.305. The first-order valence-electron chi connectivity index (χ1n) is 4.24. The minimum Gasteiger partial charge on any atom is -0.393 e. The monoisotopic (exact) mass is 158 g/mol. The fourth-order valence-electron chi connectivity index (χ4n) is 1.63. The molecule has 1 unspecified atom stereocenters. The van der Waals surface area contributed by atoms with Crippen LogP contribution in [-0.2, 0) is 9.47 Å². The van der Waals surface area contributed by atoms with Gasteiger partial charge in [0.25, 0.3) is 0 Å². The quantitative estimate of drug-likeness (QED) is 0.588. The van der Waals surface area contributed by atoms with Crippen LogP contribution < -0.4 is 0 Å². The van der Waals surface area contributed by atoms with Crippen LogP contribution in [0.4, 0.5) is 0 Å². The van der Waals surface area contributed by atoms with Crippen molar-refractivity contribution in [2.75, 3.05) is 19.8 Å². The van der Waals surface area contributed by atoms with E-state index < -0.39 is 0 Å². The molecule has 2 atom stereocenters. The summed E-state index contributed by atoms with van der Waals surface area (Å²) in [4.78, 5) is 0. The molecule has 0 amide bonds. The largest absolute Gasteiger partial charge is 0.393 e. The van der Waals surface area contributed by atoms with Crippen LogP contribution in [0.5, 0.6) is 0 Å². The Balaban J connectivity index is 1.92. The molecule has 2 saturated heterocycles. The molecule has 0 radical (unpaired) electrons. The molecule has 64 valence electrons. The molecule has 11 heavy (non-hydrogen) atoms. The number of ether oxygens (including phenoxy) is 2. The van der Waals surface area contributed by atoms with Gasteiger partial charge in [-0.3, -0.25) is 0 Å². The van der Waals surface area contributed by atoms with Gasteiger partial charge in [0.1, 0.15) is 5.60 Å². The highest BCUT2D eigenvalue weighted by Gasteiger charge is 2.52. The third-order valence-electron chi connectivity index (χ3n) is 2.55. The van der Waals surface area contributed by atoms with Gasteiger partial charge < -0.3 is 14.6 Å². The van der Waals surface area contributed by atoms with Crippen LogP contribution in [0.1, 0.15) is 19.3 Å². The molecule has 3 nitrogen and oxygen atoms in total. The normalized spacial score (nSPS) is 43.9. The molecule has 0 aromatic rings. The Labute approximate surface area is 66.3 Å². The highest BCUT2D eigenvalue weighted by Crippen LogP contribution is 2.36. The first kappa shape index (κ1) is 7.53. The Bertz CT molecular complexity index is 136. The van der Waals surface area contributed by atoms with Crippen molar-refractivity contribution in [3.63, 3.8) is 0 Å². The molecule has 0 aliphatic carbocycles. The lowest BCUT2D eigenvalue weighted by atomic mass is 9.97. The predicted molar refractivity (Wildman–Crippen MR) is 39.4 cm³/mol. The topological polar surface area (TPSA) is 42.0 Å². The second kappa shape index (κ2) is 2.73. The number of hydrogen-bond acceptors (Lipinski definition) is 3. The molecular weight excluding hydrogens is 144 g/mol. The molecule has 3 heteroatoms. The highest BCUT2D eigenvalue weighted by molar-refractivity contribution is 4.99. The van der Waals surface area contributed by atoms with Gasteiger partial charge in [-0.05, 0) is 19.3 Å². The van der Waals surface area contributed by atoms with Gasteiger partial charge in [0.2, 0.25) is 0 Å². The van der Waals surface area contributed by atoms with Crippen molar-refractivity contribution in [2.24, 2.45) is 0 Å². The van der Waals surface area contributed by atoms with Gasteiger partial charge in [-0.2, -0.15) is 0 Å². The standard InChI is InChI=1S/C8H14O3/c9-5-8(6-11-8)7-3-1-2-4-10-7/h7,9H,1-6H2/t7?,8-/m1/s1. The van der Waals surface area contributed by atoms with Crippen LogP contribution in [0.2, 0.25) is 0 Å². The maximum Gasteiger partial charge on any atom is 0.140 e. The number of aliphatic hydroxyl groups is 1. The van der Waals surface area contributed by atoms with Crippen LogP contribution in [0.15, 0.2) is 0 Å². The van der Waals surface area contributed by atoms with Crippen LogP contribution in [-0.4, -0.2) is 36.6 Å². The van der Waals surface area contributed by atoms with Gasteiger partial charge in [-0.1, -0.05) is 0 Å². The number of hydrogen-bond donors (Lipinski definition) is 1. The van der Waals surface area contributed by atoms with E-state index in [1.54, 1.807) is 0 Å². The third kappa shape index (κ3) is 1.28. The molecule has 0 bridgehead atoms. The summed E-state index contributed by atoms with van der Waals surface area (Å²) in [6, 6.07) is 0. The molecule has 0 aromatic heterocycles. The van der Waals surface area contributed by atoms with Crippen molar-refractivity contribution >= 4 is 0 Å². The van der Waals surface area contributed by atoms with Crippen molar-refractivity contribution in [3.8, 4) is 0 Å². The zero-order valence-electron chi connectivity index (χ0n) is 6.58. The highest BCUT2D eigenvalue weighted by atomic mass is 16.6. The minimum atomic E-state index is -0.305. The summed E-state index contributed by atoms with van der Waals surface area (Å²) in [6.07, 6.45) is 3.55. The van der Waals surface area contributed by atoms with E-state index in [2.05, 4.69) is 0 Å². The zero-order chi connectivity index (χ0) is 7.73. The minimum absolute atomic E-state index is 0.109. The molecular formula is C8H14O3. The molecule has 2 fully saturated rings. The lowest BCUT2D eigenvalue weighted by Gasteiger charge is -2.26. The van der Waals surface area contributed by atoms with Crippen molar-refractivity contribution in [2.45, 2.75) is 31.0 Å². The molecule has 2 rings (SSSR count). The first-order valence-corrected chi connectivity index (χ1v) is 4.24. The first-order chi connectivity index (χ1) is 5.37. The fraction of sp³-hybridized carbons (Fsp3) is 1.00. The van der Waals surface area contributed by atoms with E-state index in [0.29, 0.717) is 6.61 Å². The Morgan fingerprint density at radius 1 is 1.45 bits per heavy atom. The Kier molecular flexibility index (Phi) is 1.87. The Hall–Kier alpha value is -0.120. The van der Waals surface area contributed by atoms with Gasteiger partial charge in [-0.15, -0.1) is 0 Å². The van der Waals surface area contributed by atoms with Gasteiger partial charge in [0.05, 0.1) is 19.3 Å². The van der Waals surface area contributed by atoms with E-state index in [4.69, 9.17) is 14.6 Å². The summed E-state index contributed by atoms with van der Waals surface area (Å²) < 4.78 is 10.7. The van der Waals surface area contributed by atoms with Crippen LogP contribution in [0.25, 0.3) is 0 Å². The van der Waals surface area contributed by atoms with Crippen molar-refractivity contribution in [1.82, 2.24) is 0 Å². The summed E-state index contributed by atoms with van der Waals surface area (Å²) >= 11 is 0. The van der Waals surface area contributed by atoms with Crippen molar-refractivity contribution in [1.29, 1.82) is 0 Å². The van der Waals surface area contributed by atoms with Gasteiger partial charge in [0.15, 0.2) is 0 Å². The molecule has 2 aliphatic heterocycles. The van der Waals surface area contributed by atoms with E-state index >= 15 is 0 Å². The average molecular weight is 158 g/mol. The zero-order valence-corrected chi connectivity index (χ0v) is 6.58. The van der Waals surface area contributed by atoms with Crippen molar-refractivity contribution < 1.29 is 14.6 Å². The smallest absolute Gasteiger partial charge is 0.140 e. The molecule has 0 aromatic carbocycles. The van der Waals surface area contributed by atoms with E-state index in [9.17, 15) is 0 Å². The summed E-state index contributed by atoms with van der Waals surface area (Å²) in [5.74, 6) is 0. The maximum absolute atomic E-state index is 9.00. The molecule has 0 spiro atoms. The number of aliphatic hydroxyl groups excluding tert-OH is 1. The van der Waals surface area contributed by atoms with E-state index in [0.717, 1.165) is 19.4 Å². The van der Waals surface area contributed by atoms with Crippen LogP contribution >= 0.6 is 0 Å². The lowest BCUT2D eigenvalue weighted by molar-refractivity contribution is -0.0495. The molecule has 2 aliphatic rings. The lowest BCUT2D eigenvalue weighted by Crippen LogP contribution is -2.38. The van der Waals surface area contributed by atoms with Crippen LogP contribution in [0.3, 0.4) is 0 Å².